The van der Waals surface area contributed by atoms with Gasteiger partial charge in [0.1, 0.15) is 6.29 Å². The standard InChI is InChI=1S/C10H12OS/c1-3-9(7-11)6-10-5-4-8(2)12-10/h4-7H,3H2,1-2H3/b9-6-. The van der Waals surface area contributed by atoms with Crippen molar-refractivity contribution in [3.63, 3.8) is 0 Å². The molecule has 0 aliphatic carbocycles. The number of aldehydes is 1. The fourth-order valence-electron chi connectivity index (χ4n) is 0.933. The van der Waals surface area contributed by atoms with Gasteiger partial charge in [-0.3, -0.25) is 4.79 Å². The number of carbonyl (C=O) groups excluding carboxylic acids is 1. The second-order valence-electron chi connectivity index (χ2n) is 2.64. The highest BCUT2D eigenvalue weighted by atomic mass is 32.1. The predicted molar refractivity (Wildman–Crippen MR) is 53.4 cm³/mol. The average Bonchev–Trinajstić information content (AvgIpc) is 2.47. The molecule has 12 heavy (non-hydrogen) atoms. The van der Waals surface area contributed by atoms with Gasteiger partial charge in [-0.25, -0.2) is 0 Å². The predicted octanol–water partition coefficient (Wildman–Crippen LogP) is 3.05. The number of aryl methyl sites for hydroxylation is 1. The van der Waals surface area contributed by atoms with Crippen LogP contribution in [0.5, 0.6) is 0 Å². The molecule has 0 fully saturated rings. The Balaban J connectivity index is 2.85. The highest BCUT2D eigenvalue weighted by molar-refractivity contribution is 7.12. The Kier molecular flexibility index (Phi) is 3.23. The van der Waals surface area contributed by atoms with Crippen molar-refractivity contribution < 1.29 is 4.79 Å². The molecule has 0 spiro atoms. The van der Waals surface area contributed by atoms with Gasteiger partial charge in [0.2, 0.25) is 0 Å². The quantitative estimate of drug-likeness (QED) is 0.516. The number of carbonyl (C=O) groups is 1. The molecule has 0 saturated carbocycles. The molecule has 1 rings (SSSR count). The van der Waals surface area contributed by atoms with Crippen molar-refractivity contribution in [2.24, 2.45) is 0 Å². The zero-order chi connectivity index (χ0) is 8.97. The van der Waals surface area contributed by atoms with Crippen molar-refractivity contribution in [2.45, 2.75) is 20.3 Å². The summed E-state index contributed by atoms with van der Waals surface area (Å²) in [6, 6.07) is 4.10. The van der Waals surface area contributed by atoms with Crippen LogP contribution in [0.2, 0.25) is 0 Å². The van der Waals surface area contributed by atoms with Gasteiger partial charge in [-0.15, -0.1) is 11.3 Å². The molecule has 0 radical (unpaired) electrons. The molecule has 0 atom stereocenters. The summed E-state index contributed by atoms with van der Waals surface area (Å²) in [7, 11) is 0. The fraction of sp³-hybridized carbons (Fsp3) is 0.300. The van der Waals surface area contributed by atoms with E-state index in [0.29, 0.717) is 0 Å². The molecule has 1 aromatic rings. The normalized spacial score (nSPS) is 11.7. The summed E-state index contributed by atoms with van der Waals surface area (Å²) in [5.74, 6) is 0. The van der Waals surface area contributed by atoms with Gasteiger partial charge < -0.3 is 0 Å². The topological polar surface area (TPSA) is 17.1 Å². The molecular weight excluding hydrogens is 168 g/mol. The maximum absolute atomic E-state index is 10.5. The molecule has 0 bridgehead atoms. The summed E-state index contributed by atoms with van der Waals surface area (Å²) in [6.07, 6.45) is 3.68. The van der Waals surface area contributed by atoms with Gasteiger partial charge in [-0.05, 0) is 37.1 Å². The Bertz CT molecular complexity index is 297. The van der Waals surface area contributed by atoms with Gasteiger partial charge in [-0.1, -0.05) is 6.92 Å². The SMILES string of the molecule is CC/C(C=O)=C/c1ccc(C)s1. The van der Waals surface area contributed by atoms with Crippen molar-refractivity contribution in [3.8, 4) is 0 Å². The van der Waals surface area contributed by atoms with Gasteiger partial charge in [0.25, 0.3) is 0 Å². The molecule has 0 saturated heterocycles. The summed E-state index contributed by atoms with van der Waals surface area (Å²) < 4.78 is 0. The molecule has 0 aliphatic rings. The molecule has 0 amide bonds. The van der Waals surface area contributed by atoms with Gasteiger partial charge in [0, 0.05) is 9.75 Å². The van der Waals surface area contributed by atoms with Crippen LogP contribution >= 0.6 is 11.3 Å². The van der Waals surface area contributed by atoms with E-state index in [1.807, 2.05) is 19.1 Å². The van der Waals surface area contributed by atoms with E-state index in [4.69, 9.17) is 0 Å². The zero-order valence-electron chi connectivity index (χ0n) is 7.33. The van der Waals surface area contributed by atoms with Crippen LogP contribution in [0.4, 0.5) is 0 Å². The summed E-state index contributed by atoms with van der Waals surface area (Å²) in [4.78, 5) is 12.9. The van der Waals surface area contributed by atoms with Gasteiger partial charge >= 0.3 is 0 Å². The van der Waals surface area contributed by atoms with E-state index in [2.05, 4.69) is 13.0 Å². The van der Waals surface area contributed by atoms with Crippen molar-refractivity contribution in [3.05, 3.63) is 27.5 Å². The van der Waals surface area contributed by atoms with Crippen LogP contribution in [0.3, 0.4) is 0 Å². The maximum Gasteiger partial charge on any atom is 0.146 e. The van der Waals surface area contributed by atoms with Crippen LogP contribution in [-0.2, 0) is 4.79 Å². The Morgan fingerprint density at radius 1 is 1.58 bits per heavy atom. The molecule has 0 aromatic carbocycles. The summed E-state index contributed by atoms with van der Waals surface area (Å²) >= 11 is 1.71. The van der Waals surface area contributed by atoms with Crippen molar-refractivity contribution in [1.82, 2.24) is 0 Å². The number of hydrogen-bond acceptors (Lipinski definition) is 2. The molecule has 64 valence electrons. The number of allylic oxidation sites excluding steroid dienone is 1. The van der Waals surface area contributed by atoms with Crippen LogP contribution in [-0.4, -0.2) is 6.29 Å². The van der Waals surface area contributed by atoms with Crippen LogP contribution < -0.4 is 0 Å². The second-order valence-corrected chi connectivity index (χ2v) is 3.96. The molecular formula is C10H12OS. The van der Waals surface area contributed by atoms with Crippen LogP contribution in [0.1, 0.15) is 23.1 Å². The van der Waals surface area contributed by atoms with Gasteiger partial charge in [0.05, 0.1) is 0 Å². The highest BCUT2D eigenvalue weighted by Crippen LogP contribution is 2.18. The lowest BCUT2D eigenvalue weighted by atomic mass is 10.2. The van der Waals surface area contributed by atoms with Crippen molar-refractivity contribution in [1.29, 1.82) is 0 Å². The first-order valence-corrected chi connectivity index (χ1v) is 4.80. The third kappa shape index (κ3) is 2.31. The lowest BCUT2D eigenvalue weighted by molar-refractivity contribution is -0.104. The third-order valence-corrected chi connectivity index (χ3v) is 2.60. The van der Waals surface area contributed by atoms with Gasteiger partial charge in [-0.2, -0.15) is 0 Å². The van der Waals surface area contributed by atoms with Crippen LogP contribution in [0.15, 0.2) is 17.7 Å². The highest BCUT2D eigenvalue weighted by Gasteiger charge is 1.95. The van der Waals surface area contributed by atoms with Crippen LogP contribution in [0, 0.1) is 6.92 Å². The fourth-order valence-corrected chi connectivity index (χ4v) is 1.79. The Labute approximate surface area is 76.7 Å². The monoisotopic (exact) mass is 180 g/mol. The van der Waals surface area contributed by atoms with E-state index in [-0.39, 0.29) is 0 Å². The number of hydrogen-bond donors (Lipinski definition) is 0. The summed E-state index contributed by atoms with van der Waals surface area (Å²) in [5, 5.41) is 0. The first kappa shape index (κ1) is 9.20. The maximum atomic E-state index is 10.5. The van der Waals surface area contributed by atoms with E-state index < -0.39 is 0 Å². The minimum atomic E-state index is 0.806. The number of rotatable bonds is 3. The minimum Gasteiger partial charge on any atom is -0.298 e. The van der Waals surface area contributed by atoms with E-state index in [1.54, 1.807) is 11.3 Å². The molecule has 2 heteroatoms. The van der Waals surface area contributed by atoms with E-state index in [0.717, 1.165) is 23.2 Å². The number of thiophene rings is 1. The molecule has 1 nitrogen and oxygen atoms in total. The molecule has 1 aromatic heterocycles. The largest absolute Gasteiger partial charge is 0.298 e. The Morgan fingerprint density at radius 3 is 2.75 bits per heavy atom. The Morgan fingerprint density at radius 2 is 2.33 bits per heavy atom. The van der Waals surface area contributed by atoms with E-state index in [9.17, 15) is 4.79 Å². The van der Waals surface area contributed by atoms with E-state index in [1.165, 1.54) is 4.88 Å². The van der Waals surface area contributed by atoms with Crippen LogP contribution in [0.25, 0.3) is 6.08 Å². The molecule has 0 aliphatic heterocycles. The molecule has 0 N–H and O–H groups in total. The summed E-state index contributed by atoms with van der Waals surface area (Å²) in [5.41, 5.74) is 0.858. The Hall–Kier alpha value is -0.890. The van der Waals surface area contributed by atoms with Gasteiger partial charge in [0.15, 0.2) is 0 Å². The summed E-state index contributed by atoms with van der Waals surface area (Å²) in [6.45, 7) is 4.05. The average molecular weight is 180 g/mol. The lowest BCUT2D eigenvalue weighted by Gasteiger charge is -1.90. The third-order valence-electron chi connectivity index (χ3n) is 1.65. The van der Waals surface area contributed by atoms with Crippen molar-refractivity contribution >= 4 is 23.7 Å². The second kappa shape index (κ2) is 4.21. The first-order chi connectivity index (χ1) is 5.76. The molecule has 1 heterocycles. The smallest absolute Gasteiger partial charge is 0.146 e. The van der Waals surface area contributed by atoms with E-state index >= 15 is 0 Å². The lowest BCUT2D eigenvalue weighted by Crippen LogP contribution is -1.79. The zero-order valence-corrected chi connectivity index (χ0v) is 8.15. The first-order valence-electron chi connectivity index (χ1n) is 3.98. The molecule has 0 unspecified atom stereocenters. The van der Waals surface area contributed by atoms with Crippen molar-refractivity contribution in [2.75, 3.05) is 0 Å². The minimum absolute atomic E-state index is 0.806.